The van der Waals surface area contributed by atoms with Crippen LogP contribution in [0.1, 0.15) is 18.1 Å². The second kappa shape index (κ2) is 6.68. The van der Waals surface area contributed by atoms with E-state index in [1.807, 2.05) is 36.0 Å². The van der Waals surface area contributed by atoms with Gasteiger partial charge in [0.15, 0.2) is 11.5 Å². The van der Waals surface area contributed by atoms with Crippen LogP contribution in [0.3, 0.4) is 0 Å². The average Bonchev–Trinajstić information content (AvgIpc) is 3.03. The third-order valence-corrected chi connectivity index (χ3v) is 3.98. The van der Waals surface area contributed by atoms with Crippen molar-refractivity contribution < 1.29 is 14.6 Å². The van der Waals surface area contributed by atoms with Gasteiger partial charge in [-0.3, -0.25) is 9.48 Å². The summed E-state index contributed by atoms with van der Waals surface area (Å²) in [4.78, 5) is 12.1. The topological polar surface area (TPSA) is 90.4 Å². The zero-order valence-corrected chi connectivity index (χ0v) is 14.1. The van der Waals surface area contributed by atoms with Crippen LogP contribution in [-0.2, 0) is 11.3 Å². The molecule has 0 spiro atoms. The summed E-state index contributed by atoms with van der Waals surface area (Å²) in [6.45, 7) is 2.73. The molecule has 0 atom stereocenters. The molecule has 128 valence electrons. The minimum absolute atomic E-state index is 0.00598. The molecule has 25 heavy (non-hydrogen) atoms. The van der Waals surface area contributed by atoms with Crippen molar-refractivity contribution in [3.05, 3.63) is 53.7 Å². The van der Waals surface area contributed by atoms with E-state index < -0.39 is 5.91 Å². The quantitative estimate of drug-likeness (QED) is 0.553. The molecule has 0 radical (unpaired) electrons. The smallest absolute Gasteiger partial charge is 0.249 e. The van der Waals surface area contributed by atoms with Crippen LogP contribution in [0.4, 0.5) is 0 Å². The van der Waals surface area contributed by atoms with E-state index in [1.165, 1.54) is 13.2 Å². The second-order valence-electron chi connectivity index (χ2n) is 5.58. The van der Waals surface area contributed by atoms with E-state index in [0.717, 1.165) is 11.9 Å². The Balaban J connectivity index is 2.15. The number of ether oxygens (including phenoxy) is 1. The Morgan fingerprint density at radius 2 is 2.16 bits per heavy atom. The predicted octanol–water partition coefficient (Wildman–Crippen LogP) is 2.80. The number of hydrogen-bond acceptors (Lipinski definition) is 4. The molecule has 6 nitrogen and oxygen atoms in total. The summed E-state index contributed by atoms with van der Waals surface area (Å²) in [5, 5.41) is 15.4. The van der Waals surface area contributed by atoms with Gasteiger partial charge in [0.25, 0.3) is 0 Å². The molecule has 3 rings (SSSR count). The van der Waals surface area contributed by atoms with Crippen LogP contribution in [0.25, 0.3) is 22.6 Å². The van der Waals surface area contributed by atoms with Gasteiger partial charge in [-0.15, -0.1) is 0 Å². The number of carbonyl (C=O) groups excluding carboxylic acids is 1. The first-order valence-electron chi connectivity index (χ1n) is 7.88. The minimum atomic E-state index is -0.561. The lowest BCUT2D eigenvalue weighted by Crippen LogP contribution is -2.13. The van der Waals surface area contributed by atoms with Crippen LogP contribution in [0.2, 0.25) is 0 Å². The van der Waals surface area contributed by atoms with E-state index in [1.54, 1.807) is 18.2 Å². The summed E-state index contributed by atoms with van der Waals surface area (Å²) < 4.78 is 6.85. The molecule has 0 bridgehead atoms. The number of amides is 1. The molecular weight excluding hydrogens is 318 g/mol. The molecule has 0 saturated carbocycles. The number of benzene rings is 2. The van der Waals surface area contributed by atoms with Crippen LogP contribution in [-0.4, -0.2) is 27.9 Å². The number of phenolic OH excluding ortho intramolecular Hbond substituents is 1. The molecule has 1 aromatic heterocycles. The maximum Gasteiger partial charge on any atom is 0.249 e. The lowest BCUT2D eigenvalue weighted by Gasteiger charge is -2.07. The van der Waals surface area contributed by atoms with Crippen molar-refractivity contribution in [1.29, 1.82) is 0 Å². The third kappa shape index (κ3) is 3.19. The summed E-state index contributed by atoms with van der Waals surface area (Å²) in [6, 6.07) is 10.5. The first kappa shape index (κ1) is 16.6. The van der Waals surface area contributed by atoms with Gasteiger partial charge in [0, 0.05) is 29.3 Å². The maximum absolute atomic E-state index is 12.1. The van der Waals surface area contributed by atoms with Gasteiger partial charge in [-0.25, -0.2) is 0 Å². The maximum atomic E-state index is 12.1. The number of carbonyl (C=O) groups is 1. The number of aromatic hydroxyl groups is 1. The van der Waals surface area contributed by atoms with Crippen LogP contribution in [0, 0.1) is 0 Å². The van der Waals surface area contributed by atoms with Gasteiger partial charge >= 0.3 is 0 Å². The Morgan fingerprint density at radius 3 is 2.80 bits per heavy atom. The van der Waals surface area contributed by atoms with Gasteiger partial charge < -0.3 is 15.6 Å². The molecule has 3 aromatic rings. The van der Waals surface area contributed by atoms with Gasteiger partial charge in [0.1, 0.15) is 5.52 Å². The van der Waals surface area contributed by atoms with Crippen molar-refractivity contribution in [2.24, 2.45) is 5.73 Å². The van der Waals surface area contributed by atoms with Gasteiger partial charge in [0.2, 0.25) is 5.91 Å². The molecule has 0 unspecified atom stereocenters. The summed E-state index contributed by atoms with van der Waals surface area (Å²) >= 11 is 0. The molecular formula is C19H19N3O3. The van der Waals surface area contributed by atoms with Crippen molar-refractivity contribution in [2.75, 3.05) is 7.11 Å². The largest absolute Gasteiger partial charge is 0.504 e. The van der Waals surface area contributed by atoms with E-state index in [4.69, 9.17) is 10.5 Å². The fourth-order valence-electron chi connectivity index (χ4n) is 2.72. The van der Waals surface area contributed by atoms with Crippen molar-refractivity contribution in [3.8, 4) is 11.5 Å². The number of phenols is 1. The molecule has 0 aliphatic heterocycles. The number of fused-ring (bicyclic) bond motifs is 1. The highest BCUT2D eigenvalue weighted by Crippen LogP contribution is 2.30. The highest BCUT2D eigenvalue weighted by molar-refractivity contribution is 6.26. The zero-order valence-electron chi connectivity index (χ0n) is 14.1. The summed E-state index contributed by atoms with van der Waals surface area (Å²) in [7, 11) is 1.48. The van der Waals surface area contributed by atoms with Crippen LogP contribution < -0.4 is 10.5 Å². The predicted molar refractivity (Wildman–Crippen MR) is 97.1 cm³/mol. The van der Waals surface area contributed by atoms with Crippen LogP contribution >= 0.6 is 0 Å². The zero-order chi connectivity index (χ0) is 18.0. The normalized spacial score (nSPS) is 11.7. The molecule has 1 amide bonds. The minimum Gasteiger partial charge on any atom is -0.504 e. The van der Waals surface area contributed by atoms with E-state index in [0.29, 0.717) is 28.0 Å². The standard InChI is InChI=1S/C19H19N3O3/c1-3-22-11-13-5-4-6-14(18(13)21-22)15(19(20)24)9-12-7-8-17(25-2)16(23)10-12/h4-11,23H,3H2,1-2H3,(H2,20,24)/b15-9+. The molecule has 0 aliphatic rings. The average molecular weight is 337 g/mol. The second-order valence-corrected chi connectivity index (χ2v) is 5.58. The van der Waals surface area contributed by atoms with Crippen molar-refractivity contribution in [1.82, 2.24) is 9.78 Å². The number of nitrogens with zero attached hydrogens (tertiary/aromatic N) is 2. The molecule has 2 aromatic carbocycles. The highest BCUT2D eigenvalue weighted by Gasteiger charge is 2.15. The molecule has 1 heterocycles. The number of aryl methyl sites for hydroxylation is 1. The van der Waals surface area contributed by atoms with Gasteiger partial charge in [-0.1, -0.05) is 24.3 Å². The Labute approximate surface area is 145 Å². The lowest BCUT2D eigenvalue weighted by molar-refractivity contribution is -0.112. The Hall–Kier alpha value is -3.28. The molecule has 6 heteroatoms. The summed E-state index contributed by atoms with van der Waals surface area (Å²) in [6.07, 6.45) is 3.57. The molecule has 3 N–H and O–H groups in total. The Bertz CT molecular complexity index is 973. The van der Waals surface area contributed by atoms with Crippen molar-refractivity contribution >= 4 is 28.5 Å². The van der Waals surface area contributed by atoms with Crippen molar-refractivity contribution in [3.63, 3.8) is 0 Å². The fraction of sp³-hybridized carbons (Fsp3) is 0.158. The van der Waals surface area contributed by atoms with Gasteiger partial charge in [0.05, 0.1) is 7.11 Å². The highest BCUT2D eigenvalue weighted by atomic mass is 16.5. The number of hydrogen-bond donors (Lipinski definition) is 2. The van der Waals surface area contributed by atoms with Gasteiger partial charge in [-0.2, -0.15) is 5.10 Å². The summed E-state index contributed by atoms with van der Waals surface area (Å²) in [5.74, 6) is -0.205. The van der Waals surface area contributed by atoms with E-state index in [9.17, 15) is 9.90 Å². The Morgan fingerprint density at radius 1 is 1.36 bits per heavy atom. The third-order valence-electron chi connectivity index (χ3n) is 3.98. The van der Waals surface area contributed by atoms with E-state index >= 15 is 0 Å². The SMILES string of the molecule is CCn1cc2cccc(/C(=C\c3ccc(OC)c(O)c3)C(N)=O)c2n1. The fourth-order valence-corrected chi connectivity index (χ4v) is 2.72. The van der Waals surface area contributed by atoms with E-state index in [2.05, 4.69) is 5.10 Å². The van der Waals surface area contributed by atoms with E-state index in [-0.39, 0.29) is 5.75 Å². The number of primary amides is 1. The number of methoxy groups -OCH3 is 1. The van der Waals surface area contributed by atoms with Crippen LogP contribution in [0.5, 0.6) is 11.5 Å². The first-order valence-corrected chi connectivity index (χ1v) is 7.88. The van der Waals surface area contributed by atoms with Crippen LogP contribution in [0.15, 0.2) is 42.6 Å². The number of nitrogens with two attached hydrogens (primary N) is 1. The summed E-state index contributed by atoms with van der Waals surface area (Å²) in [5.41, 5.74) is 7.95. The first-order chi connectivity index (χ1) is 12.0. The van der Waals surface area contributed by atoms with Gasteiger partial charge in [-0.05, 0) is 30.7 Å². The molecule has 0 aliphatic carbocycles. The van der Waals surface area contributed by atoms with Crippen molar-refractivity contribution in [2.45, 2.75) is 13.5 Å². The number of aromatic nitrogens is 2. The Kier molecular flexibility index (Phi) is 4.43. The lowest BCUT2D eigenvalue weighted by atomic mass is 10.00. The number of rotatable bonds is 5. The molecule has 0 saturated heterocycles. The monoisotopic (exact) mass is 337 g/mol. The molecule has 0 fully saturated rings.